The molecule has 0 unspecified atom stereocenters. The third kappa shape index (κ3) is 5.61. The highest BCUT2D eigenvalue weighted by molar-refractivity contribution is 5.66. The molecule has 0 radical (unpaired) electrons. The Labute approximate surface area is 114 Å². The zero-order chi connectivity index (χ0) is 14.3. The molecule has 0 saturated heterocycles. The molecular weight excluding hydrogens is 244 g/mol. The zero-order valence-electron chi connectivity index (χ0n) is 11.7. The first-order valence-electron chi connectivity index (χ1n) is 6.38. The zero-order valence-corrected chi connectivity index (χ0v) is 11.7. The quantitative estimate of drug-likeness (QED) is 0.737. The van der Waals surface area contributed by atoms with Gasteiger partial charge in [0.25, 0.3) is 0 Å². The number of rotatable bonds is 7. The highest BCUT2D eigenvalue weighted by Crippen LogP contribution is 2.27. The Balaban J connectivity index is 2.83. The first-order valence-corrected chi connectivity index (χ1v) is 6.38. The van der Waals surface area contributed by atoms with Crippen molar-refractivity contribution in [3.05, 3.63) is 23.8 Å². The molecule has 0 aromatic heterocycles. The normalized spacial score (nSPS) is 10.4. The van der Waals surface area contributed by atoms with E-state index in [0.29, 0.717) is 19.2 Å². The van der Waals surface area contributed by atoms with Gasteiger partial charge in [0.15, 0.2) is 0 Å². The van der Waals surface area contributed by atoms with Gasteiger partial charge < -0.3 is 20.5 Å². The summed E-state index contributed by atoms with van der Waals surface area (Å²) in [5.74, 6) is 0.428. The molecule has 1 aromatic rings. The van der Waals surface area contributed by atoms with E-state index in [1.165, 1.54) is 6.92 Å². The number of nitrogens with one attached hydrogen (secondary N) is 1. The van der Waals surface area contributed by atoms with E-state index in [0.717, 1.165) is 17.0 Å². The van der Waals surface area contributed by atoms with Gasteiger partial charge in [0, 0.05) is 19.5 Å². The Hall–Kier alpha value is -1.75. The summed E-state index contributed by atoms with van der Waals surface area (Å²) in [6.07, 6.45) is 0. The van der Waals surface area contributed by atoms with Crippen molar-refractivity contribution in [3.8, 4) is 5.75 Å². The van der Waals surface area contributed by atoms with Crippen LogP contribution >= 0.6 is 0 Å². The van der Waals surface area contributed by atoms with Crippen molar-refractivity contribution in [2.24, 2.45) is 5.73 Å². The monoisotopic (exact) mass is 266 g/mol. The molecule has 0 aliphatic rings. The van der Waals surface area contributed by atoms with Crippen molar-refractivity contribution in [2.75, 3.05) is 18.5 Å². The molecule has 0 spiro atoms. The lowest BCUT2D eigenvalue weighted by Crippen LogP contribution is -2.14. The predicted molar refractivity (Wildman–Crippen MR) is 75.2 cm³/mol. The lowest BCUT2D eigenvalue weighted by molar-refractivity contribution is -0.142. The number of benzene rings is 1. The molecule has 0 aliphatic heterocycles. The van der Waals surface area contributed by atoms with E-state index < -0.39 is 0 Å². The maximum absolute atomic E-state index is 10.8. The van der Waals surface area contributed by atoms with Crippen LogP contribution in [0.25, 0.3) is 0 Å². The fourth-order valence-corrected chi connectivity index (χ4v) is 1.56. The lowest BCUT2D eigenvalue weighted by Gasteiger charge is -2.16. The number of nitrogens with two attached hydrogens (primary N) is 1. The van der Waals surface area contributed by atoms with E-state index in [9.17, 15) is 4.79 Å². The summed E-state index contributed by atoms with van der Waals surface area (Å²) < 4.78 is 10.6. The smallest absolute Gasteiger partial charge is 0.302 e. The summed E-state index contributed by atoms with van der Waals surface area (Å²) in [5.41, 5.74) is 7.25. The average Bonchev–Trinajstić information content (AvgIpc) is 2.35. The SMILES string of the molecule is CC(=O)OCc1ccc(NC(C)C)c(OCCN)c1. The van der Waals surface area contributed by atoms with Crippen LogP contribution in [0.2, 0.25) is 0 Å². The number of anilines is 1. The average molecular weight is 266 g/mol. The van der Waals surface area contributed by atoms with Gasteiger partial charge in [-0.15, -0.1) is 0 Å². The van der Waals surface area contributed by atoms with Crippen LogP contribution in [-0.2, 0) is 16.1 Å². The third-order valence-corrected chi connectivity index (χ3v) is 2.31. The van der Waals surface area contributed by atoms with Crippen molar-refractivity contribution in [1.82, 2.24) is 0 Å². The third-order valence-electron chi connectivity index (χ3n) is 2.31. The van der Waals surface area contributed by atoms with Gasteiger partial charge in [-0.25, -0.2) is 0 Å². The highest BCUT2D eigenvalue weighted by Gasteiger charge is 2.07. The van der Waals surface area contributed by atoms with Crippen LogP contribution in [0, 0.1) is 0 Å². The van der Waals surface area contributed by atoms with Gasteiger partial charge >= 0.3 is 5.97 Å². The number of esters is 1. The molecule has 5 heteroatoms. The summed E-state index contributed by atoms with van der Waals surface area (Å²) in [4.78, 5) is 10.8. The molecule has 0 aliphatic carbocycles. The standard InChI is InChI=1S/C14H22N2O3/c1-10(2)16-13-5-4-12(9-19-11(3)17)8-14(13)18-7-6-15/h4-5,8,10,16H,6-7,9,15H2,1-3H3. The molecule has 1 aromatic carbocycles. The molecular formula is C14H22N2O3. The van der Waals surface area contributed by atoms with Crippen molar-refractivity contribution in [2.45, 2.75) is 33.4 Å². The van der Waals surface area contributed by atoms with Crippen LogP contribution in [-0.4, -0.2) is 25.2 Å². The number of hydrogen-bond donors (Lipinski definition) is 2. The second kappa shape index (κ2) is 7.63. The summed E-state index contributed by atoms with van der Waals surface area (Å²) in [6.45, 7) is 6.65. The van der Waals surface area contributed by atoms with E-state index in [2.05, 4.69) is 19.2 Å². The van der Waals surface area contributed by atoms with E-state index in [1.807, 2.05) is 18.2 Å². The maximum atomic E-state index is 10.8. The van der Waals surface area contributed by atoms with Gasteiger partial charge in [0.05, 0.1) is 5.69 Å². The van der Waals surface area contributed by atoms with Crippen LogP contribution in [0.15, 0.2) is 18.2 Å². The van der Waals surface area contributed by atoms with Crippen LogP contribution in [0.1, 0.15) is 26.3 Å². The topological polar surface area (TPSA) is 73.6 Å². The van der Waals surface area contributed by atoms with Crippen LogP contribution in [0.5, 0.6) is 5.75 Å². The van der Waals surface area contributed by atoms with Crippen LogP contribution in [0.3, 0.4) is 0 Å². The van der Waals surface area contributed by atoms with E-state index >= 15 is 0 Å². The van der Waals surface area contributed by atoms with Crippen molar-refractivity contribution >= 4 is 11.7 Å². The van der Waals surface area contributed by atoms with Crippen LogP contribution < -0.4 is 15.8 Å². The summed E-state index contributed by atoms with van der Waals surface area (Å²) in [7, 11) is 0. The second-order valence-electron chi connectivity index (χ2n) is 4.55. The molecule has 0 fully saturated rings. The minimum atomic E-state index is -0.297. The summed E-state index contributed by atoms with van der Waals surface area (Å²) in [5, 5.41) is 3.30. The van der Waals surface area contributed by atoms with Crippen molar-refractivity contribution in [1.29, 1.82) is 0 Å². The van der Waals surface area contributed by atoms with E-state index in [-0.39, 0.29) is 12.6 Å². The molecule has 19 heavy (non-hydrogen) atoms. The molecule has 3 N–H and O–H groups in total. The lowest BCUT2D eigenvalue weighted by atomic mass is 10.2. The van der Waals surface area contributed by atoms with Crippen molar-refractivity contribution < 1.29 is 14.3 Å². The van der Waals surface area contributed by atoms with Gasteiger partial charge in [-0.1, -0.05) is 6.07 Å². The molecule has 106 valence electrons. The molecule has 0 bridgehead atoms. The molecule has 0 atom stereocenters. The highest BCUT2D eigenvalue weighted by atomic mass is 16.5. The Bertz CT molecular complexity index is 419. The first-order chi connectivity index (χ1) is 9.02. The van der Waals surface area contributed by atoms with Gasteiger partial charge in [0.2, 0.25) is 0 Å². The maximum Gasteiger partial charge on any atom is 0.302 e. The molecule has 5 nitrogen and oxygen atoms in total. The number of hydrogen-bond acceptors (Lipinski definition) is 5. The number of carbonyl (C=O) groups is 1. The second-order valence-corrected chi connectivity index (χ2v) is 4.55. The Morgan fingerprint density at radius 2 is 2.16 bits per heavy atom. The molecule has 0 amide bonds. The summed E-state index contributed by atoms with van der Waals surface area (Å²) >= 11 is 0. The predicted octanol–water partition coefficient (Wildman–Crippen LogP) is 1.91. The number of carbonyl (C=O) groups excluding carboxylic acids is 1. The van der Waals surface area contributed by atoms with Gasteiger partial charge in [-0.05, 0) is 31.5 Å². The largest absolute Gasteiger partial charge is 0.490 e. The first kappa shape index (κ1) is 15.3. The van der Waals surface area contributed by atoms with E-state index in [1.54, 1.807) is 0 Å². The minimum Gasteiger partial charge on any atom is -0.490 e. The fourth-order valence-electron chi connectivity index (χ4n) is 1.56. The van der Waals surface area contributed by atoms with Gasteiger partial charge in [-0.3, -0.25) is 4.79 Å². The Morgan fingerprint density at radius 3 is 2.74 bits per heavy atom. The summed E-state index contributed by atoms with van der Waals surface area (Å²) in [6, 6.07) is 6.00. The fraction of sp³-hybridized carbons (Fsp3) is 0.500. The molecule has 1 rings (SSSR count). The van der Waals surface area contributed by atoms with Crippen molar-refractivity contribution in [3.63, 3.8) is 0 Å². The van der Waals surface area contributed by atoms with E-state index in [4.69, 9.17) is 15.2 Å². The Kier molecular flexibility index (Phi) is 6.15. The Morgan fingerprint density at radius 1 is 1.42 bits per heavy atom. The number of ether oxygens (including phenoxy) is 2. The van der Waals surface area contributed by atoms with Crippen LogP contribution in [0.4, 0.5) is 5.69 Å². The van der Waals surface area contributed by atoms with Gasteiger partial charge in [0.1, 0.15) is 19.0 Å². The molecule has 0 heterocycles. The minimum absolute atomic E-state index is 0.246. The molecule has 0 saturated carbocycles. The van der Waals surface area contributed by atoms with Gasteiger partial charge in [-0.2, -0.15) is 0 Å².